The van der Waals surface area contributed by atoms with Crippen molar-refractivity contribution in [1.29, 1.82) is 0 Å². The predicted octanol–water partition coefficient (Wildman–Crippen LogP) is 4.42. The lowest BCUT2D eigenvalue weighted by atomic mass is 10.0. The monoisotopic (exact) mass is 309 g/mol. The molecule has 0 aliphatic carbocycles. The number of rotatable bonds is 3. The van der Waals surface area contributed by atoms with E-state index in [9.17, 15) is 4.79 Å². The molecule has 0 radical (unpaired) electrons. The first kappa shape index (κ1) is 14.7. The van der Waals surface area contributed by atoms with Crippen LogP contribution in [0.2, 0.25) is 10.0 Å². The maximum absolute atomic E-state index is 11.2. The zero-order valence-electron chi connectivity index (χ0n) is 11.0. The van der Waals surface area contributed by atoms with Gasteiger partial charge in [-0.2, -0.15) is 0 Å². The first-order valence-corrected chi connectivity index (χ1v) is 6.66. The molecule has 0 fully saturated rings. The Kier molecular flexibility index (Phi) is 4.21. The van der Waals surface area contributed by atoms with Crippen LogP contribution in [-0.4, -0.2) is 25.2 Å². The average Bonchev–Trinajstić information content (AvgIpc) is 2.38. The molecule has 0 bridgehead atoms. The van der Waals surface area contributed by atoms with E-state index >= 15 is 0 Å². The van der Waals surface area contributed by atoms with Crippen LogP contribution in [0.5, 0.6) is 0 Å². The summed E-state index contributed by atoms with van der Waals surface area (Å²) in [5.41, 5.74) is 2.48. The van der Waals surface area contributed by atoms with E-state index in [0.717, 1.165) is 11.3 Å². The highest BCUT2D eigenvalue weighted by Crippen LogP contribution is 2.35. The van der Waals surface area contributed by atoms with Gasteiger partial charge in [0.15, 0.2) is 0 Å². The molecule has 5 heteroatoms. The van der Waals surface area contributed by atoms with Gasteiger partial charge in [0.1, 0.15) is 0 Å². The number of carboxylic acids is 1. The van der Waals surface area contributed by atoms with Crippen molar-refractivity contribution in [3.05, 3.63) is 52.0 Å². The van der Waals surface area contributed by atoms with Crippen molar-refractivity contribution >= 4 is 34.9 Å². The lowest BCUT2D eigenvalue weighted by Crippen LogP contribution is -2.08. The number of hydrogen-bond acceptors (Lipinski definition) is 2. The van der Waals surface area contributed by atoms with E-state index in [1.54, 1.807) is 12.1 Å². The Morgan fingerprint density at radius 1 is 1.05 bits per heavy atom. The second-order valence-corrected chi connectivity index (χ2v) is 5.32. The first-order chi connectivity index (χ1) is 9.41. The van der Waals surface area contributed by atoms with Gasteiger partial charge in [-0.3, -0.25) is 0 Å². The van der Waals surface area contributed by atoms with Crippen molar-refractivity contribution in [2.45, 2.75) is 0 Å². The number of carbonyl (C=O) groups is 1. The fraction of sp³-hybridized carbons (Fsp3) is 0.133. The molecular formula is C15H13Cl2NO2. The number of aromatic carboxylic acids is 1. The van der Waals surface area contributed by atoms with Crippen molar-refractivity contribution < 1.29 is 9.90 Å². The van der Waals surface area contributed by atoms with Crippen LogP contribution in [0.25, 0.3) is 11.1 Å². The summed E-state index contributed by atoms with van der Waals surface area (Å²) in [4.78, 5) is 13.2. The summed E-state index contributed by atoms with van der Waals surface area (Å²) in [5, 5.41) is 9.45. The predicted molar refractivity (Wildman–Crippen MR) is 83.2 cm³/mol. The summed E-state index contributed by atoms with van der Waals surface area (Å²) in [6, 6.07) is 11.0. The van der Waals surface area contributed by atoms with Crippen LogP contribution in [0.1, 0.15) is 10.4 Å². The third kappa shape index (κ3) is 2.74. The molecule has 0 saturated heterocycles. The third-order valence-corrected chi connectivity index (χ3v) is 3.71. The summed E-state index contributed by atoms with van der Waals surface area (Å²) in [6.45, 7) is 0. The van der Waals surface area contributed by atoms with Crippen LogP contribution >= 0.6 is 23.2 Å². The quantitative estimate of drug-likeness (QED) is 0.912. The Morgan fingerprint density at radius 3 is 2.15 bits per heavy atom. The van der Waals surface area contributed by atoms with Gasteiger partial charge >= 0.3 is 5.97 Å². The van der Waals surface area contributed by atoms with Crippen LogP contribution < -0.4 is 4.90 Å². The van der Waals surface area contributed by atoms with Crippen molar-refractivity contribution in [3.63, 3.8) is 0 Å². The molecule has 0 saturated carbocycles. The fourth-order valence-electron chi connectivity index (χ4n) is 1.91. The maximum atomic E-state index is 11.2. The second-order valence-electron chi connectivity index (χ2n) is 4.53. The topological polar surface area (TPSA) is 40.5 Å². The van der Waals surface area contributed by atoms with Gasteiger partial charge < -0.3 is 10.0 Å². The molecule has 0 amide bonds. The Balaban J connectivity index is 2.53. The van der Waals surface area contributed by atoms with Crippen LogP contribution in [0, 0.1) is 0 Å². The number of benzene rings is 2. The molecular weight excluding hydrogens is 297 g/mol. The minimum Gasteiger partial charge on any atom is -0.478 e. The zero-order chi connectivity index (χ0) is 14.9. The van der Waals surface area contributed by atoms with E-state index in [0.29, 0.717) is 5.56 Å². The summed E-state index contributed by atoms with van der Waals surface area (Å²) < 4.78 is 0. The van der Waals surface area contributed by atoms with Crippen molar-refractivity contribution in [1.82, 2.24) is 0 Å². The van der Waals surface area contributed by atoms with Gasteiger partial charge in [0.2, 0.25) is 0 Å². The van der Waals surface area contributed by atoms with Crippen molar-refractivity contribution in [2.75, 3.05) is 19.0 Å². The lowest BCUT2D eigenvalue weighted by molar-refractivity contribution is 0.0697. The number of hydrogen-bond donors (Lipinski definition) is 1. The van der Waals surface area contributed by atoms with Gasteiger partial charge in [-0.1, -0.05) is 41.4 Å². The minimum absolute atomic E-state index is 0.0671. The molecule has 104 valence electrons. The number of nitrogens with zero attached hydrogens (tertiary/aromatic N) is 1. The molecule has 0 aliphatic rings. The Bertz CT molecular complexity index is 652. The number of halogens is 2. The Morgan fingerprint density at radius 2 is 1.65 bits per heavy atom. The molecule has 20 heavy (non-hydrogen) atoms. The highest BCUT2D eigenvalue weighted by atomic mass is 35.5. The van der Waals surface area contributed by atoms with Crippen molar-refractivity contribution in [3.8, 4) is 11.1 Å². The third-order valence-electron chi connectivity index (χ3n) is 3.00. The molecule has 2 aromatic carbocycles. The highest BCUT2D eigenvalue weighted by Gasteiger charge is 2.17. The van der Waals surface area contributed by atoms with Gasteiger partial charge in [0.05, 0.1) is 15.6 Å². The Labute approximate surface area is 127 Å². The van der Waals surface area contributed by atoms with E-state index in [4.69, 9.17) is 28.3 Å². The van der Waals surface area contributed by atoms with E-state index in [1.165, 1.54) is 0 Å². The van der Waals surface area contributed by atoms with Gasteiger partial charge in [-0.25, -0.2) is 4.79 Å². The maximum Gasteiger partial charge on any atom is 0.338 e. The SMILES string of the molecule is CN(C)c1ccc(-c2ccc(Cl)c(C(=O)O)c2Cl)cc1. The van der Waals surface area contributed by atoms with Crippen LogP contribution in [0.4, 0.5) is 5.69 Å². The largest absolute Gasteiger partial charge is 0.478 e. The van der Waals surface area contributed by atoms with Gasteiger partial charge in [0, 0.05) is 25.3 Å². The molecule has 0 heterocycles. The number of anilines is 1. The van der Waals surface area contributed by atoms with E-state index < -0.39 is 5.97 Å². The van der Waals surface area contributed by atoms with E-state index in [-0.39, 0.29) is 15.6 Å². The highest BCUT2D eigenvalue weighted by molar-refractivity contribution is 6.41. The molecule has 0 unspecified atom stereocenters. The Hall–Kier alpha value is -1.71. The van der Waals surface area contributed by atoms with Gasteiger partial charge in [0.25, 0.3) is 0 Å². The summed E-state index contributed by atoms with van der Waals surface area (Å²) in [6.07, 6.45) is 0. The normalized spacial score (nSPS) is 10.4. The van der Waals surface area contributed by atoms with E-state index in [2.05, 4.69) is 0 Å². The van der Waals surface area contributed by atoms with E-state index in [1.807, 2.05) is 43.3 Å². The molecule has 3 nitrogen and oxygen atoms in total. The first-order valence-electron chi connectivity index (χ1n) is 5.91. The average molecular weight is 310 g/mol. The summed E-state index contributed by atoms with van der Waals surface area (Å²) >= 11 is 12.0. The summed E-state index contributed by atoms with van der Waals surface area (Å²) in [7, 11) is 3.90. The lowest BCUT2D eigenvalue weighted by Gasteiger charge is -2.14. The minimum atomic E-state index is -1.13. The molecule has 0 spiro atoms. The molecule has 2 rings (SSSR count). The second kappa shape index (κ2) is 5.73. The van der Waals surface area contributed by atoms with Crippen LogP contribution in [-0.2, 0) is 0 Å². The zero-order valence-corrected chi connectivity index (χ0v) is 12.5. The summed E-state index contributed by atoms with van der Waals surface area (Å²) in [5.74, 6) is -1.13. The van der Waals surface area contributed by atoms with Crippen LogP contribution in [0.3, 0.4) is 0 Å². The van der Waals surface area contributed by atoms with Gasteiger partial charge in [-0.15, -0.1) is 0 Å². The molecule has 1 N–H and O–H groups in total. The van der Waals surface area contributed by atoms with Gasteiger partial charge in [-0.05, 0) is 23.8 Å². The molecule has 0 aliphatic heterocycles. The van der Waals surface area contributed by atoms with Crippen LogP contribution in [0.15, 0.2) is 36.4 Å². The smallest absolute Gasteiger partial charge is 0.338 e. The standard InChI is InChI=1S/C15H13Cl2NO2/c1-18(2)10-5-3-9(4-6-10)11-7-8-12(16)13(14(11)17)15(19)20/h3-8H,1-2H3,(H,19,20). The molecule has 2 aromatic rings. The molecule has 0 aromatic heterocycles. The number of carboxylic acid groups (broad SMARTS) is 1. The fourth-order valence-corrected chi connectivity index (χ4v) is 2.55. The van der Waals surface area contributed by atoms with Crippen molar-refractivity contribution in [2.24, 2.45) is 0 Å². The molecule has 0 atom stereocenters.